The highest BCUT2D eigenvalue weighted by atomic mass is 16.3. The molecule has 0 aliphatic carbocycles. The first-order chi connectivity index (χ1) is 17.0. The van der Waals surface area contributed by atoms with Crippen molar-refractivity contribution in [3.8, 4) is 0 Å². The minimum absolute atomic E-state index is 0.250. The van der Waals surface area contributed by atoms with Gasteiger partial charge in [0.1, 0.15) is 11.6 Å². The van der Waals surface area contributed by atoms with E-state index in [1.54, 1.807) is 19.1 Å². The van der Waals surface area contributed by atoms with Crippen molar-refractivity contribution in [2.45, 2.75) is 33.2 Å². The molecule has 4 N–H and O–H groups in total. The molecule has 7 nitrogen and oxygen atoms in total. The lowest BCUT2D eigenvalue weighted by atomic mass is 10.2. The van der Waals surface area contributed by atoms with Gasteiger partial charge in [-0.1, -0.05) is 12.1 Å². The summed E-state index contributed by atoms with van der Waals surface area (Å²) in [4.78, 5) is 12.8. The van der Waals surface area contributed by atoms with Crippen molar-refractivity contribution in [3.05, 3.63) is 83.7 Å². The quantitative estimate of drug-likeness (QED) is 0.310. The van der Waals surface area contributed by atoms with E-state index in [9.17, 15) is 5.11 Å². The van der Waals surface area contributed by atoms with Crippen molar-refractivity contribution in [3.63, 3.8) is 0 Å². The predicted octanol–water partition coefficient (Wildman–Crippen LogP) is 5.20. The van der Waals surface area contributed by atoms with Crippen LogP contribution in [0.1, 0.15) is 30.4 Å². The molecule has 0 amide bonds. The van der Waals surface area contributed by atoms with Crippen molar-refractivity contribution in [1.29, 1.82) is 0 Å². The summed E-state index contributed by atoms with van der Waals surface area (Å²) in [5, 5.41) is 16.5. The highest BCUT2D eigenvalue weighted by Gasteiger charge is 2.14. The summed E-state index contributed by atoms with van der Waals surface area (Å²) in [6, 6.07) is 12.8. The number of aliphatic hydroxyl groups is 1. The van der Waals surface area contributed by atoms with Crippen LogP contribution in [-0.2, 0) is 13.0 Å². The van der Waals surface area contributed by atoms with Gasteiger partial charge in [0.25, 0.3) is 0 Å². The molecule has 0 radical (unpaired) electrons. The molecule has 0 atom stereocenters. The number of nitrogens with one attached hydrogen (secondary N) is 3. The van der Waals surface area contributed by atoms with Gasteiger partial charge < -0.3 is 30.5 Å². The Bertz CT molecular complexity index is 1070. The standard InChI is InChI=1S/C28H40N6O/c1-5-25(35)8-6-9-28-30-15-14-23(11-10-22(2)32-28)21-31-27-20-24(12-13-26(27)29-3)34-17-7-16-33(4)18-19-34/h5-6,8,10-15,20,29,31,35H,7,9,16-19,21H2,1-4H3,(H,30,32)/b8-6-,15-14?,22-10?,23-11?,25-5+. The topological polar surface area (TPSA) is 79.5 Å². The van der Waals surface area contributed by atoms with Crippen molar-refractivity contribution in [1.82, 2.24) is 14.9 Å². The third-order valence-electron chi connectivity index (χ3n) is 6.14. The zero-order chi connectivity index (χ0) is 25.0. The maximum Gasteiger partial charge on any atom is 0.111 e. The number of likely N-dealkylation sites (N-methyl/N-ethyl adjacent to an activating group) is 1. The number of benzene rings is 1. The number of anilines is 3. The second-order valence-corrected chi connectivity index (χ2v) is 8.91. The van der Waals surface area contributed by atoms with Crippen molar-refractivity contribution in [2.75, 3.05) is 55.8 Å². The third-order valence-corrected chi connectivity index (χ3v) is 6.14. The van der Waals surface area contributed by atoms with E-state index in [-0.39, 0.29) is 5.76 Å². The molecule has 1 aromatic heterocycles. The average Bonchev–Trinajstić information content (AvgIpc) is 3.03. The Morgan fingerprint density at radius 1 is 1.11 bits per heavy atom. The van der Waals surface area contributed by atoms with Crippen LogP contribution in [0.5, 0.6) is 0 Å². The molecule has 1 saturated heterocycles. The number of aryl methyl sites for hydroxylation is 1. The van der Waals surface area contributed by atoms with E-state index in [1.807, 2.05) is 32.3 Å². The summed E-state index contributed by atoms with van der Waals surface area (Å²) in [7, 11) is 4.15. The zero-order valence-corrected chi connectivity index (χ0v) is 21.5. The first kappa shape index (κ1) is 26.2. The minimum atomic E-state index is 0.250. The van der Waals surface area contributed by atoms with Gasteiger partial charge in [0.15, 0.2) is 0 Å². The summed E-state index contributed by atoms with van der Waals surface area (Å²) in [6.07, 6.45) is 8.85. The fourth-order valence-corrected chi connectivity index (χ4v) is 4.02. The average molecular weight is 477 g/mol. The first-order valence-corrected chi connectivity index (χ1v) is 12.4. The van der Waals surface area contributed by atoms with Gasteiger partial charge in [-0.3, -0.25) is 0 Å². The van der Waals surface area contributed by atoms with Crippen LogP contribution < -0.4 is 15.5 Å². The summed E-state index contributed by atoms with van der Waals surface area (Å²) >= 11 is 0. The Kier molecular flexibility index (Phi) is 10.0. The van der Waals surface area contributed by atoms with Crippen LogP contribution in [0.3, 0.4) is 0 Å². The molecule has 2 heterocycles. The number of aromatic amines is 1. The summed E-state index contributed by atoms with van der Waals surface area (Å²) in [5.74, 6) is 1.07. The molecule has 0 spiro atoms. The lowest BCUT2D eigenvalue weighted by Crippen LogP contribution is -2.28. The van der Waals surface area contributed by atoms with E-state index in [4.69, 9.17) is 0 Å². The van der Waals surface area contributed by atoms with E-state index in [2.05, 4.69) is 67.8 Å². The number of aromatic nitrogens is 2. The van der Waals surface area contributed by atoms with Gasteiger partial charge in [0.2, 0.25) is 0 Å². The molecule has 188 valence electrons. The number of hydrogen-bond donors (Lipinski definition) is 4. The number of allylic oxidation sites excluding steroid dienone is 3. The van der Waals surface area contributed by atoms with Crippen LogP contribution in [0, 0.1) is 6.92 Å². The van der Waals surface area contributed by atoms with E-state index >= 15 is 0 Å². The summed E-state index contributed by atoms with van der Waals surface area (Å²) < 4.78 is 0. The van der Waals surface area contributed by atoms with Gasteiger partial charge in [-0.25, -0.2) is 4.98 Å². The molecule has 3 rings (SSSR count). The fraction of sp³-hybridized carbons (Fsp3) is 0.393. The second-order valence-electron chi connectivity index (χ2n) is 8.91. The number of nitrogens with zero attached hydrogens (tertiary/aromatic N) is 3. The Morgan fingerprint density at radius 2 is 1.97 bits per heavy atom. The van der Waals surface area contributed by atoms with E-state index in [1.165, 1.54) is 12.1 Å². The molecule has 1 aliphatic rings. The lowest BCUT2D eigenvalue weighted by Gasteiger charge is -2.24. The zero-order valence-electron chi connectivity index (χ0n) is 21.5. The lowest BCUT2D eigenvalue weighted by molar-refractivity contribution is 0.360. The van der Waals surface area contributed by atoms with E-state index < -0.39 is 0 Å². The number of hydrogen-bond acceptors (Lipinski definition) is 6. The van der Waals surface area contributed by atoms with Crippen molar-refractivity contribution >= 4 is 17.1 Å². The van der Waals surface area contributed by atoms with Crippen LogP contribution in [-0.4, -0.2) is 60.2 Å². The van der Waals surface area contributed by atoms with Crippen molar-refractivity contribution in [2.24, 2.45) is 0 Å². The molecule has 35 heavy (non-hydrogen) atoms. The number of aliphatic hydroxyl groups excluding tert-OH is 1. The van der Waals surface area contributed by atoms with Crippen molar-refractivity contribution < 1.29 is 5.11 Å². The molecular weight excluding hydrogens is 436 g/mol. The van der Waals surface area contributed by atoms with Crippen LogP contribution in [0.2, 0.25) is 0 Å². The highest BCUT2D eigenvalue weighted by Crippen LogP contribution is 2.28. The fourth-order valence-electron chi connectivity index (χ4n) is 4.02. The predicted molar refractivity (Wildman–Crippen MR) is 148 cm³/mol. The van der Waals surface area contributed by atoms with E-state index in [0.29, 0.717) is 13.0 Å². The maximum absolute atomic E-state index is 9.59. The minimum Gasteiger partial charge on any atom is -0.508 e. The van der Waals surface area contributed by atoms with Crippen LogP contribution >= 0.6 is 0 Å². The summed E-state index contributed by atoms with van der Waals surface area (Å²) in [6.45, 7) is 8.87. The smallest absolute Gasteiger partial charge is 0.111 e. The molecule has 0 unspecified atom stereocenters. The summed E-state index contributed by atoms with van der Waals surface area (Å²) in [5.41, 5.74) is 5.57. The molecule has 7 heteroatoms. The SMILES string of the molecule is C/C=C(O)\C=C/Cc1nccc(CNc2cc(N3CCCN(C)CC3)ccc2NC)ccc(C)[nH]1. The second kappa shape index (κ2) is 13.4. The first-order valence-electron chi connectivity index (χ1n) is 12.4. The molecular formula is C28H40N6O. The van der Waals surface area contributed by atoms with Gasteiger partial charge in [-0.05, 0) is 81.9 Å². The van der Waals surface area contributed by atoms with Crippen LogP contribution in [0.4, 0.5) is 17.1 Å². The number of H-pyrrole nitrogens is 1. The van der Waals surface area contributed by atoms with Gasteiger partial charge in [-0.2, -0.15) is 0 Å². The van der Waals surface area contributed by atoms with Gasteiger partial charge in [-0.15, -0.1) is 0 Å². The monoisotopic (exact) mass is 476 g/mol. The molecule has 1 fully saturated rings. The van der Waals surface area contributed by atoms with E-state index in [0.717, 1.165) is 54.6 Å². The normalized spacial score (nSPS) is 15.1. The largest absolute Gasteiger partial charge is 0.508 e. The third kappa shape index (κ3) is 8.37. The Labute approximate surface area is 209 Å². The highest BCUT2D eigenvalue weighted by molar-refractivity contribution is 5.74. The maximum atomic E-state index is 9.59. The Hall–Kier alpha value is -3.45. The number of rotatable bonds is 8. The molecule has 1 aromatic carbocycles. The van der Waals surface area contributed by atoms with Gasteiger partial charge in [0.05, 0.1) is 11.4 Å². The van der Waals surface area contributed by atoms with Crippen LogP contribution in [0.15, 0.2) is 66.6 Å². The van der Waals surface area contributed by atoms with Gasteiger partial charge in [0, 0.05) is 57.2 Å². The van der Waals surface area contributed by atoms with Gasteiger partial charge >= 0.3 is 0 Å². The molecule has 0 bridgehead atoms. The van der Waals surface area contributed by atoms with Crippen LogP contribution in [0.25, 0.3) is 0 Å². The Morgan fingerprint density at radius 3 is 2.77 bits per heavy atom. The Balaban J connectivity index is 1.75. The molecule has 0 saturated carbocycles. The molecule has 1 aliphatic heterocycles. The molecule has 2 aromatic rings.